The molecule has 2 heterocycles. The maximum Gasteiger partial charge on any atom is 0.146 e. The fourth-order valence-electron chi connectivity index (χ4n) is 1.89. The van der Waals surface area contributed by atoms with Gasteiger partial charge in [0.05, 0.1) is 7.11 Å². The number of hydrogen-bond acceptors (Lipinski definition) is 4. The molecule has 0 aliphatic carbocycles. The highest BCUT2D eigenvalue weighted by atomic mass is 35.5. The molecule has 0 aliphatic rings. The molecular formula is C14H11ClO3S. The van der Waals surface area contributed by atoms with E-state index in [0.717, 1.165) is 16.0 Å². The van der Waals surface area contributed by atoms with Gasteiger partial charge >= 0.3 is 0 Å². The fourth-order valence-corrected chi connectivity index (χ4v) is 2.92. The zero-order chi connectivity index (χ0) is 13.4. The van der Waals surface area contributed by atoms with Crippen LogP contribution in [0.3, 0.4) is 0 Å². The molecule has 1 atom stereocenters. The van der Waals surface area contributed by atoms with Crippen LogP contribution < -0.4 is 4.74 Å². The number of methoxy groups -OCH3 is 1. The van der Waals surface area contributed by atoms with Crippen LogP contribution in [0.5, 0.6) is 5.75 Å². The predicted octanol–water partition coefficient (Wildman–Crippen LogP) is 4.24. The van der Waals surface area contributed by atoms with E-state index < -0.39 is 6.10 Å². The molecule has 98 valence electrons. The molecule has 19 heavy (non-hydrogen) atoms. The molecule has 3 rings (SSSR count). The number of halogens is 1. The van der Waals surface area contributed by atoms with Crippen LogP contribution in [0, 0.1) is 0 Å². The highest BCUT2D eigenvalue weighted by Gasteiger charge is 2.18. The molecule has 1 unspecified atom stereocenters. The number of hydrogen-bond donors (Lipinski definition) is 1. The topological polar surface area (TPSA) is 42.6 Å². The third-order valence-electron chi connectivity index (χ3n) is 2.87. The van der Waals surface area contributed by atoms with Crippen molar-refractivity contribution in [2.24, 2.45) is 0 Å². The van der Waals surface area contributed by atoms with E-state index in [1.165, 1.54) is 11.3 Å². The normalized spacial score (nSPS) is 12.8. The summed E-state index contributed by atoms with van der Waals surface area (Å²) >= 11 is 7.36. The number of fused-ring (bicyclic) bond motifs is 1. The lowest BCUT2D eigenvalue weighted by atomic mass is 10.2. The molecule has 0 saturated heterocycles. The van der Waals surface area contributed by atoms with Gasteiger partial charge in [0.1, 0.15) is 23.2 Å². The van der Waals surface area contributed by atoms with Crippen LogP contribution in [0.2, 0.25) is 5.02 Å². The Morgan fingerprint density at radius 1 is 1.32 bits per heavy atom. The Morgan fingerprint density at radius 3 is 2.89 bits per heavy atom. The summed E-state index contributed by atoms with van der Waals surface area (Å²) < 4.78 is 10.7. The third-order valence-corrected chi connectivity index (χ3v) is 4.07. The van der Waals surface area contributed by atoms with Gasteiger partial charge in [0.2, 0.25) is 0 Å². The third kappa shape index (κ3) is 2.34. The van der Waals surface area contributed by atoms with E-state index in [9.17, 15) is 5.11 Å². The molecule has 0 bridgehead atoms. The summed E-state index contributed by atoms with van der Waals surface area (Å²) in [5.41, 5.74) is 0.710. The van der Waals surface area contributed by atoms with Crippen LogP contribution in [0.15, 0.2) is 40.1 Å². The van der Waals surface area contributed by atoms with E-state index >= 15 is 0 Å². The van der Waals surface area contributed by atoms with Crippen molar-refractivity contribution in [3.63, 3.8) is 0 Å². The monoisotopic (exact) mass is 294 g/mol. The van der Waals surface area contributed by atoms with E-state index in [-0.39, 0.29) is 0 Å². The molecule has 1 N–H and O–H groups in total. The Labute approximate surface area is 119 Å². The number of benzene rings is 1. The Bertz CT molecular complexity index is 716. The highest BCUT2D eigenvalue weighted by Crippen LogP contribution is 2.34. The van der Waals surface area contributed by atoms with Gasteiger partial charge in [-0.15, -0.1) is 11.3 Å². The molecule has 3 aromatic rings. The van der Waals surface area contributed by atoms with Crippen molar-refractivity contribution in [3.05, 3.63) is 51.4 Å². The summed E-state index contributed by atoms with van der Waals surface area (Å²) in [4.78, 5) is 0.780. The molecular weight excluding hydrogens is 284 g/mol. The predicted molar refractivity (Wildman–Crippen MR) is 76.2 cm³/mol. The van der Waals surface area contributed by atoms with E-state index in [0.29, 0.717) is 16.4 Å². The standard InChI is InChI=1S/C14H11ClO3S/c1-17-10-6-13(19-7-10)14(16)12-5-8-4-9(15)2-3-11(8)18-12/h2-7,14,16H,1H3. The van der Waals surface area contributed by atoms with E-state index in [1.807, 2.05) is 11.4 Å². The van der Waals surface area contributed by atoms with Gasteiger partial charge < -0.3 is 14.3 Å². The second-order valence-corrected chi connectivity index (χ2v) is 5.50. The van der Waals surface area contributed by atoms with Crippen molar-refractivity contribution < 1.29 is 14.3 Å². The van der Waals surface area contributed by atoms with Gasteiger partial charge in [-0.1, -0.05) is 11.6 Å². The summed E-state index contributed by atoms with van der Waals surface area (Å²) in [7, 11) is 1.60. The van der Waals surface area contributed by atoms with Gasteiger partial charge in [-0.25, -0.2) is 0 Å². The Kier molecular flexibility index (Phi) is 3.22. The van der Waals surface area contributed by atoms with Gasteiger partial charge in [-0.2, -0.15) is 0 Å². The lowest BCUT2D eigenvalue weighted by Gasteiger charge is -2.03. The van der Waals surface area contributed by atoms with Crippen molar-refractivity contribution in [2.45, 2.75) is 6.10 Å². The first kappa shape index (κ1) is 12.5. The molecule has 5 heteroatoms. The lowest BCUT2D eigenvalue weighted by molar-refractivity contribution is 0.195. The number of aliphatic hydroxyl groups is 1. The van der Waals surface area contributed by atoms with Crippen LogP contribution in [0.4, 0.5) is 0 Å². The fraction of sp³-hybridized carbons (Fsp3) is 0.143. The van der Waals surface area contributed by atoms with Crippen molar-refractivity contribution >= 4 is 33.9 Å². The van der Waals surface area contributed by atoms with Crippen LogP contribution in [-0.2, 0) is 0 Å². The van der Waals surface area contributed by atoms with Gasteiger partial charge in [0.25, 0.3) is 0 Å². The Hall–Kier alpha value is -1.49. The molecule has 1 aromatic carbocycles. The van der Waals surface area contributed by atoms with Crippen molar-refractivity contribution in [1.82, 2.24) is 0 Å². The Morgan fingerprint density at radius 2 is 2.16 bits per heavy atom. The van der Waals surface area contributed by atoms with Crippen LogP contribution in [-0.4, -0.2) is 12.2 Å². The molecule has 0 fully saturated rings. The molecule has 0 aliphatic heterocycles. The summed E-state index contributed by atoms with van der Waals surface area (Å²) in [6.07, 6.45) is -0.792. The first-order valence-electron chi connectivity index (χ1n) is 5.67. The SMILES string of the molecule is COc1csc(C(O)c2cc3cc(Cl)ccc3o2)c1. The molecule has 0 saturated carbocycles. The smallest absolute Gasteiger partial charge is 0.146 e. The van der Waals surface area contributed by atoms with E-state index in [4.69, 9.17) is 20.8 Å². The van der Waals surface area contributed by atoms with Gasteiger partial charge in [0, 0.05) is 20.7 Å². The largest absolute Gasteiger partial charge is 0.496 e. The van der Waals surface area contributed by atoms with Gasteiger partial charge in [0.15, 0.2) is 0 Å². The summed E-state index contributed by atoms with van der Waals surface area (Å²) in [5.74, 6) is 1.24. The van der Waals surface area contributed by atoms with Crippen molar-refractivity contribution in [1.29, 1.82) is 0 Å². The maximum absolute atomic E-state index is 10.3. The number of rotatable bonds is 3. The molecule has 2 aromatic heterocycles. The summed E-state index contributed by atoms with van der Waals surface area (Å²) in [6, 6.07) is 8.97. The average molecular weight is 295 g/mol. The zero-order valence-corrected chi connectivity index (χ0v) is 11.7. The van der Waals surface area contributed by atoms with Gasteiger partial charge in [-0.05, 0) is 30.3 Å². The Balaban J connectivity index is 1.98. The number of ether oxygens (including phenoxy) is 1. The van der Waals surface area contributed by atoms with Crippen molar-refractivity contribution in [3.8, 4) is 5.75 Å². The van der Waals surface area contributed by atoms with Crippen molar-refractivity contribution in [2.75, 3.05) is 7.11 Å². The summed E-state index contributed by atoms with van der Waals surface area (Å²) in [6.45, 7) is 0. The first-order chi connectivity index (χ1) is 9.17. The second kappa shape index (κ2) is 4.89. The van der Waals surface area contributed by atoms with Crippen LogP contribution >= 0.6 is 22.9 Å². The van der Waals surface area contributed by atoms with Crippen LogP contribution in [0.25, 0.3) is 11.0 Å². The quantitative estimate of drug-likeness (QED) is 0.786. The number of aliphatic hydroxyl groups excluding tert-OH is 1. The zero-order valence-electron chi connectivity index (χ0n) is 10.1. The number of furan rings is 1. The van der Waals surface area contributed by atoms with Crippen LogP contribution in [0.1, 0.15) is 16.7 Å². The average Bonchev–Trinajstić information content (AvgIpc) is 3.03. The number of thiophene rings is 1. The molecule has 0 amide bonds. The molecule has 0 spiro atoms. The molecule has 3 nitrogen and oxygen atoms in total. The summed E-state index contributed by atoms with van der Waals surface area (Å²) in [5, 5.41) is 13.7. The molecule has 0 radical (unpaired) electrons. The minimum Gasteiger partial charge on any atom is -0.496 e. The lowest BCUT2D eigenvalue weighted by Crippen LogP contribution is -1.94. The maximum atomic E-state index is 10.3. The minimum absolute atomic E-state index is 0.502. The second-order valence-electron chi connectivity index (χ2n) is 4.12. The minimum atomic E-state index is -0.792. The van der Waals surface area contributed by atoms with E-state index in [2.05, 4.69) is 0 Å². The first-order valence-corrected chi connectivity index (χ1v) is 6.92. The highest BCUT2D eigenvalue weighted by molar-refractivity contribution is 7.10. The van der Waals surface area contributed by atoms with Gasteiger partial charge in [-0.3, -0.25) is 0 Å². The van der Waals surface area contributed by atoms with E-state index in [1.54, 1.807) is 31.4 Å².